The molecule has 0 fully saturated rings. The Hall–Kier alpha value is -3.00. The number of imide groups is 1. The SMILES string of the molecule is CCCCCCCCCCCCCCCCCC(=O)NS(=O)(=O)c1ccc(N(C(C)=O)C(=O)c2ccccc2)cc1. The molecule has 0 unspecified atom stereocenters. The van der Waals surface area contributed by atoms with Crippen molar-refractivity contribution < 1.29 is 22.8 Å². The molecule has 3 amide bonds. The van der Waals surface area contributed by atoms with Gasteiger partial charge in [-0.1, -0.05) is 115 Å². The van der Waals surface area contributed by atoms with Crippen LogP contribution in [0.2, 0.25) is 0 Å². The smallest absolute Gasteiger partial charge is 0.265 e. The van der Waals surface area contributed by atoms with Crippen LogP contribution in [0.15, 0.2) is 59.5 Å². The third-order valence-corrected chi connectivity index (χ3v) is 8.59. The van der Waals surface area contributed by atoms with Gasteiger partial charge in [-0.05, 0) is 42.8 Å². The number of anilines is 1. The third kappa shape index (κ3) is 13.0. The molecule has 1 N–H and O–H groups in total. The van der Waals surface area contributed by atoms with E-state index in [1.54, 1.807) is 30.3 Å². The highest BCUT2D eigenvalue weighted by molar-refractivity contribution is 7.90. The summed E-state index contributed by atoms with van der Waals surface area (Å²) in [5.41, 5.74) is 0.583. The summed E-state index contributed by atoms with van der Waals surface area (Å²) in [7, 11) is -4.05. The number of carbonyl (C=O) groups is 3. The Morgan fingerprint density at radius 1 is 0.659 bits per heavy atom. The number of benzene rings is 2. The molecule has 0 heterocycles. The molecule has 0 aromatic heterocycles. The summed E-state index contributed by atoms with van der Waals surface area (Å²) >= 11 is 0. The van der Waals surface area contributed by atoms with Crippen LogP contribution in [-0.4, -0.2) is 26.1 Å². The third-order valence-electron chi connectivity index (χ3n) is 7.20. The van der Waals surface area contributed by atoms with Gasteiger partial charge in [0.15, 0.2) is 0 Å². The van der Waals surface area contributed by atoms with Gasteiger partial charge in [0.1, 0.15) is 0 Å². The van der Waals surface area contributed by atoms with E-state index in [1.807, 2.05) is 0 Å². The molecule has 0 aliphatic rings. The van der Waals surface area contributed by atoms with Crippen LogP contribution in [0, 0.1) is 0 Å². The fourth-order valence-electron chi connectivity index (χ4n) is 4.84. The molecule has 7 nitrogen and oxygen atoms in total. The van der Waals surface area contributed by atoms with Crippen LogP contribution in [0.5, 0.6) is 0 Å². The van der Waals surface area contributed by atoms with Crippen molar-refractivity contribution in [3.8, 4) is 0 Å². The molecule has 2 aromatic rings. The molecule has 2 rings (SSSR count). The first-order valence-electron chi connectivity index (χ1n) is 15.3. The lowest BCUT2D eigenvalue weighted by Gasteiger charge is -2.19. The van der Waals surface area contributed by atoms with Gasteiger partial charge in [-0.3, -0.25) is 14.4 Å². The molecule has 0 aliphatic carbocycles. The van der Waals surface area contributed by atoms with E-state index in [-0.39, 0.29) is 17.0 Å². The number of hydrogen-bond acceptors (Lipinski definition) is 5. The van der Waals surface area contributed by atoms with Gasteiger partial charge in [-0.2, -0.15) is 0 Å². The quantitative estimate of drug-likeness (QED) is 0.159. The molecule has 0 aliphatic heterocycles. The zero-order chi connectivity index (χ0) is 29.9. The summed E-state index contributed by atoms with van der Waals surface area (Å²) in [6, 6.07) is 13.7. The van der Waals surface area contributed by atoms with Crippen LogP contribution >= 0.6 is 0 Å². The number of rotatable bonds is 20. The second-order valence-corrected chi connectivity index (χ2v) is 12.4. The minimum Gasteiger partial charge on any atom is -0.274 e. The van der Waals surface area contributed by atoms with E-state index in [2.05, 4.69) is 11.6 Å². The lowest BCUT2D eigenvalue weighted by molar-refractivity contribution is -0.119. The van der Waals surface area contributed by atoms with E-state index in [4.69, 9.17) is 0 Å². The van der Waals surface area contributed by atoms with Crippen molar-refractivity contribution in [2.45, 2.75) is 121 Å². The molecule has 2 aromatic carbocycles. The van der Waals surface area contributed by atoms with Crippen LogP contribution in [0.3, 0.4) is 0 Å². The van der Waals surface area contributed by atoms with E-state index in [1.165, 1.54) is 102 Å². The molecule has 226 valence electrons. The van der Waals surface area contributed by atoms with Crippen LogP contribution in [-0.2, 0) is 19.6 Å². The van der Waals surface area contributed by atoms with Crippen molar-refractivity contribution in [3.05, 3.63) is 60.2 Å². The molecule has 0 atom stereocenters. The van der Waals surface area contributed by atoms with Crippen molar-refractivity contribution in [2.75, 3.05) is 4.90 Å². The lowest BCUT2D eigenvalue weighted by Crippen LogP contribution is -2.35. The predicted molar refractivity (Wildman–Crippen MR) is 165 cm³/mol. The second kappa shape index (κ2) is 19.2. The molecule has 0 radical (unpaired) electrons. The minimum absolute atomic E-state index is 0.109. The molecule has 0 saturated carbocycles. The summed E-state index contributed by atoms with van der Waals surface area (Å²) in [5, 5.41) is 0. The average Bonchev–Trinajstić information content (AvgIpc) is 2.95. The van der Waals surface area contributed by atoms with Gasteiger partial charge in [-0.15, -0.1) is 0 Å². The van der Waals surface area contributed by atoms with Crippen LogP contribution < -0.4 is 9.62 Å². The van der Waals surface area contributed by atoms with Crippen LogP contribution in [0.25, 0.3) is 0 Å². The topological polar surface area (TPSA) is 101 Å². The van der Waals surface area contributed by atoms with E-state index in [0.717, 1.165) is 24.2 Å². The van der Waals surface area contributed by atoms with E-state index >= 15 is 0 Å². The highest BCUT2D eigenvalue weighted by Crippen LogP contribution is 2.21. The fraction of sp³-hybridized carbons (Fsp3) is 0.545. The number of sulfonamides is 1. The summed E-state index contributed by atoms with van der Waals surface area (Å²) in [5.74, 6) is -1.54. The maximum absolute atomic E-state index is 12.8. The maximum Gasteiger partial charge on any atom is 0.265 e. The van der Waals surface area contributed by atoms with Gasteiger partial charge >= 0.3 is 0 Å². The van der Waals surface area contributed by atoms with Crippen molar-refractivity contribution in [1.29, 1.82) is 0 Å². The number of hydrogen-bond donors (Lipinski definition) is 1. The standard InChI is InChI=1S/C33H48N2O5S/c1-3-4-5-6-7-8-9-10-11-12-13-14-15-16-20-23-32(37)34-41(39,40)31-26-24-30(25-27-31)35(28(2)36)33(38)29-21-18-17-19-22-29/h17-19,21-22,24-27H,3-16,20,23H2,1-2H3,(H,34,37). The number of nitrogens with one attached hydrogen (secondary N) is 1. The van der Waals surface area contributed by atoms with Crippen molar-refractivity contribution >= 4 is 33.4 Å². The first-order chi connectivity index (χ1) is 19.8. The van der Waals surface area contributed by atoms with E-state index < -0.39 is 27.7 Å². The Morgan fingerprint density at radius 2 is 1.12 bits per heavy atom. The van der Waals surface area contributed by atoms with Crippen molar-refractivity contribution in [3.63, 3.8) is 0 Å². The van der Waals surface area contributed by atoms with Gasteiger partial charge in [0.25, 0.3) is 15.9 Å². The number of carbonyl (C=O) groups excluding carboxylic acids is 3. The second-order valence-electron chi connectivity index (χ2n) is 10.7. The Labute approximate surface area is 247 Å². The molecular weight excluding hydrogens is 536 g/mol. The van der Waals surface area contributed by atoms with E-state index in [9.17, 15) is 22.8 Å². The van der Waals surface area contributed by atoms with Gasteiger partial charge in [0, 0.05) is 18.9 Å². The first kappa shape index (κ1) is 34.2. The minimum atomic E-state index is -4.05. The monoisotopic (exact) mass is 584 g/mol. The molecule has 8 heteroatoms. The highest BCUT2D eigenvalue weighted by atomic mass is 32.2. The maximum atomic E-state index is 12.8. The van der Waals surface area contributed by atoms with E-state index in [0.29, 0.717) is 12.0 Å². The Balaban J connectivity index is 1.66. The molecule has 41 heavy (non-hydrogen) atoms. The summed E-state index contributed by atoms with van der Waals surface area (Å²) < 4.78 is 27.5. The summed E-state index contributed by atoms with van der Waals surface area (Å²) in [6.45, 7) is 3.52. The first-order valence-corrected chi connectivity index (χ1v) is 16.8. The highest BCUT2D eigenvalue weighted by Gasteiger charge is 2.23. The van der Waals surface area contributed by atoms with Crippen molar-refractivity contribution in [1.82, 2.24) is 4.72 Å². The lowest BCUT2D eigenvalue weighted by atomic mass is 10.0. The normalized spacial score (nSPS) is 11.3. The van der Waals surface area contributed by atoms with Gasteiger partial charge in [0.05, 0.1) is 10.6 Å². The average molecular weight is 585 g/mol. The zero-order valence-corrected chi connectivity index (χ0v) is 25.7. The molecule has 0 spiro atoms. The number of nitrogens with zero attached hydrogens (tertiary/aromatic N) is 1. The Kier molecular flexibility index (Phi) is 16.0. The largest absolute Gasteiger partial charge is 0.274 e. The Morgan fingerprint density at radius 3 is 1.59 bits per heavy atom. The molecule has 0 bridgehead atoms. The van der Waals surface area contributed by atoms with Crippen LogP contribution in [0.1, 0.15) is 127 Å². The number of unbranched alkanes of at least 4 members (excludes halogenated alkanes) is 14. The zero-order valence-electron chi connectivity index (χ0n) is 24.9. The van der Waals surface area contributed by atoms with Crippen LogP contribution in [0.4, 0.5) is 5.69 Å². The fourth-order valence-corrected chi connectivity index (χ4v) is 5.86. The molecule has 0 saturated heterocycles. The van der Waals surface area contributed by atoms with Gasteiger partial charge in [0.2, 0.25) is 11.8 Å². The summed E-state index contributed by atoms with van der Waals surface area (Å²) in [4.78, 5) is 38.2. The molecular formula is C33H48N2O5S. The summed E-state index contributed by atoms with van der Waals surface area (Å²) in [6.07, 6.45) is 18.5. The number of amides is 3. The predicted octanol–water partition coefficient (Wildman–Crippen LogP) is 7.95. The van der Waals surface area contributed by atoms with Gasteiger partial charge in [-0.25, -0.2) is 18.0 Å². The van der Waals surface area contributed by atoms with Crippen molar-refractivity contribution in [2.24, 2.45) is 0 Å². The van der Waals surface area contributed by atoms with Gasteiger partial charge < -0.3 is 0 Å². The Bertz CT molecular complexity index is 1160.